The molecule has 2 aromatic rings. The van der Waals surface area contributed by atoms with Crippen molar-refractivity contribution >= 4 is 17.6 Å². The summed E-state index contributed by atoms with van der Waals surface area (Å²) < 4.78 is 17.8. The molecule has 1 saturated heterocycles. The largest absolute Gasteiger partial charge is 0.481 e. The van der Waals surface area contributed by atoms with Crippen LogP contribution in [0.15, 0.2) is 30.5 Å². The van der Waals surface area contributed by atoms with E-state index in [0.29, 0.717) is 30.0 Å². The molecule has 0 bridgehead atoms. The van der Waals surface area contributed by atoms with Crippen molar-refractivity contribution in [3.8, 4) is 5.88 Å². The maximum absolute atomic E-state index is 13.1. The second-order valence-corrected chi connectivity index (χ2v) is 11.5. The van der Waals surface area contributed by atoms with Crippen LogP contribution in [0, 0.1) is 18.3 Å². The Morgan fingerprint density at radius 2 is 2.00 bits per heavy atom. The fourth-order valence-corrected chi connectivity index (χ4v) is 5.79. The van der Waals surface area contributed by atoms with Gasteiger partial charge in [0, 0.05) is 22.7 Å². The Labute approximate surface area is 220 Å². The normalized spacial score (nSPS) is 24.4. The maximum atomic E-state index is 13.1. The molecule has 2 heterocycles. The lowest BCUT2D eigenvalue weighted by molar-refractivity contribution is -0.148. The number of benzene rings is 1. The van der Waals surface area contributed by atoms with Crippen LogP contribution in [-0.4, -0.2) is 36.8 Å². The molecule has 1 aromatic heterocycles. The third-order valence-corrected chi connectivity index (χ3v) is 8.14. The summed E-state index contributed by atoms with van der Waals surface area (Å²) in [5.74, 6) is 0.759. The smallest absolute Gasteiger partial charge is 0.323 e. The number of aromatic nitrogens is 1. The van der Waals surface area contributed by atoms with Gasteiger partial charge in [0.15, 0.2) is 0 Å². The lowest BCUT2D eigenvalue weighted by Gasteiger charge is -2.35. The number of hydrogen-bond acceptors (Lipinski definition) is 6. The van der Waals surface area contributed by atoms with E-state index in [9.17, 15) is 4.79 Å². The van der Waals surface area contributed by atoms with Gasteiger partial charge in [-0.25, -0.2) is 4.98 Å². The first-order valence-electron chi connectivity index (χ1n) is 13.0. The molecule has 1 saturated carbocycles. The maximum Gasteiger partial charge on any atom is 0.323 e. The van der Waals surface area contributed by atoms with Gasteiger partial charge < -0.3 is 14.2 Å². The van der Waals surface area contributed by atoms with Gasteiger partial charge in [-0.05, 0) is 66.8 Å². The van der Waals surface area contributed by atoms with Gasteiger partial charge in [0.2, 0.25) is 5.88 Å². The molecule has 0 spiro atoms. The lowest BCUT2D eigenvalue weighted by atomic mass is 9.73. The first kappa shape index (κ1) is 26.9. The number of halogens is 1. The standard InChI is InChI=1S/C29H39ClN2O4/c1-7-35-28(33)25-23(29(3,4)5)26(24(32-25)21-12-9-13-22(30)17(21)2)36-16-20-14-19(18-10-8-11-18)15-31-27(20)34-6/h9,12-15,18,23-26,32H,7-8,10-11,16H2,1-6H3/t23-,24-,25-,26-/m0/s1. The molecule has 2 aliphatic rings. The van der Waals surface area contributed by atoms with Gasteiger partial charge in [-0.3, -0.25) is 10.1 Å². The Kier molecular flexibility index (Phi) is 8.28. The van der Waals surface area contributed by atoms with Gasteiger partial charge in [0.05, 0.1) is 32.5 Å². The summed E-state index contributed by atoms with van der Waals surface area (Å²) in [6.07, 6.45) is 5.29. The first-order chi connectivity index (χ1) is 17.2. The van der Waals surface area contributed by atoms with E-state index in [1.807, 2.05) is 32.2 Å². The van der Waals surface area contributed by atoms with Gasteiger partial charge in [-0.1, -0.05) is 50.9 Å². The van der Waals surface area contributed by atoms with Gasteiger partial charge in [0.1, 0.15) is 6.04 Å². The fraction of sp³-hybridized carbons (Fsp3) is 0.586. The highest BCUT2D eigenvalue weighted by Gasteiger charge is 2.53. The average molecular weight is 515 g/mol. The number of esters is 1. The van der Waals surface area contributed by atoms with Crippen molar-refractivity contribution in [1.82, 2.24) is 10.3 Å². The number of hydrogen-bond donors (Lipinski definition) is 1. The van der Waals surface area contributed by atoms with Crippen LogP contribution in [0.25, 0.3) is 0 Å². The Morgan fingerprint density at radius 1 is 1.25 bits per heavy atom. The van der Waals surface area contributed by atoms with Gasteiger partial charge in [-0.2, -0.15) is 0 Å². The van der Waals surface area contributed by atoms with Crippen LogP contribution >= 0.6 is 11.6 Å². The van der Waals surface area contributed by atoms with E-state index in [1.54, 1.807) is 7.11 Å². The molecule has 1 aliphatic carbocycles. The Balaban J connectivity index is 1.70. The summed E-state index contributed by atoms with van der Waals surface area (Å²) in [4.78, 5) is 17.7. The molecular weight excluding hydrogens is 476 g/mol. The summed E-state index contributed by atoms with van der Waals surface area (Å²) in [5.41, 5.74) is 3.95. The molecule has 4 rings (SSSR count). The van der Waals surface area contributed by atoms with Crippen molar-refractivity contribution in [1.29, 1.82) is 0 Å². The first-order valence-corrected chi connectivity index (χ1v) is 13.4. The third-order valence-electron chi connectivity index (χ3n) is 7.73. The molecule has 1 aromatic carbocycles. The van der Waals surface area contributed by atoms with Gasteiger partial charge >= 0.3 is 5.97 Å². The average Bonchev–Trinajstić information content (AvgIpc) is 3.18. The van der Waals surface area contributed by atoms with Crippen molar-refractivity contribution in [3.05, 3.63) is 57.7 Å². The third kappa shape index (κ3) is 5.41. The van der Waals surface area contributed by atoms with E-state index in [0.717, 1.165) is 16.7 Å². The van der Waals surface area contributed by atoms with Crippen LogP contribution in [0.2, 0.25) is 5.02 Å². The predicted octanol–water partition coefficient (Wildman–Crippen LogP) is 6.14. The minimum atomic E-state index is -0.500. The van der Waals surface area contributed by atoms with E-state index in [2.05, 4.69) is 43.2 Å². The minimum absolute atomic E-state index is 0.131. The van der Waals surface area contributed by atoms with Crippen LogP contribution in [0.5, 0.6) is 5.88 Å². The number of carbonyl (C=O) groups is 1. The molecule has 0 unspecified atom stereocenters. The van der Waals surface area contributed by atoms with Crippen molar-refractivity contribution in [2.24, 2.45) is 11.3 Å². The number of nitrogens with zero attached hydrogens (tertiary/aromatic N) is 1. The zero-order chi connectivity index (χ0) is 26.0. The summed E-state index contributed by atoms with van der Waals surface area (Å²) in [7, 11) is 1.64. The van der Waals surface area contributed by atoms with E-state index in [-0.39, 0.29) is 29.4 Å². The molecule has 1 N–H and O–H groups in total. The van der Waals surface area contributed by atoms with Crippen LogP contribution in [0.3, 0.4) is 0 Å². The van der Waals surface area contributed by atoms with Crippen molar-refractivity contribution in [3.63, 3.8) is 0 Å². The van der Waals surface area contributed by atoms with Crippen LogP contribution in [0.4, 0.5) is 0 Å². The minimum Gasteiger partial charge on any atom is -0.481 e. The topological polar surface area (TPSA) is 69.7 Å². The zero-order valence-corrected chi connectivity index (χ0v) is 23.0. The van der Waals surface area contributed by atoms with Crippen LogP contribution < -0.4 is 10.1 Å². The molecule has 0 amide bonds. The lowest BCUT2D eigenvalue weighted by Crippen LogP contribution is -2.44. The van der Waals surface area contributed by atoms with E-state index in [4.69, 9.17) is 25.8 Å². The van der Waals surface area contributed by atoms with Crippen LogP contribution in [-0.2, 0) is 20.9 Å². The van der Waals surface area contributed by atoms with Gasteiger partial charge in [-0.15, -0.1) is 0 Å². The van der Waals surface area contributed by atoms with E-state index >= 15 is 0 Å². The molecule has 36 heavy (non-hydrogen) atoms. The quantitative estimate of drug-likeness (QED) is 0.426. The van der Waals surface area contributed by atoms with Crippen LogP contribution in [0.1, 0.15) is 81.2 Å². The molecule has 2 fully saturated rings. The number of rotatable bonds is 8. The second-order valence-electron chi connectivity index (χ2n) is 11.1. The molecule has 4 atom stereocenters. The summed E-state index contributed by atoms with van der Waals surface area (Å²) in [6, 6.07) is 7.34. The number of carbonyl (C=O) groups excluding carboxylic acids is 1. The zero-order valence-electron chi connectivity index (χ0n) is 22.3. The highest BCUT2D eigenvalue weighted by atomic mass is 35.5. The Hall–Kier alpha value is -2.15. The Morgan fingerprint density at radius 3 is 2.61 bits per heavy atom. The number of nitrogens with one attached hydrogen (secondary N) is 1. The number of methoxy groups -OCH3 is 1. The van der Waals surface area contributed by atoms with E-state index in [1.165, 1.54) is 24.8 Å². The highest BCUT2D eigenvalue weighted by Crippen LogP contribution is 2.46. The molecule has 6 nitrogen and oxygen atoms in total. The molecule has 0 radical (unpaired) electrons. The molecular formula is C29H39ClN2O4. The summed E-state index contributed by atoms with van der Waals surface area (Å²) in [6.45, 7) is 10.9. The number of ether oxygens (including phenoxy) is 3. The van der Waals surface area contributed by atoms with Crippen molar-refractivity contribution < 1.29 is 19.0 Å². The van der Waals surface area contributed by atoms with Crippen molar-refractivity contribution in [2.45, 2.75) is 84.6 Å². The summed E-state index contributed by atoms with van der Waals surface area (Å²) in [5, 5.41) is 4.27. The monoisotopic (exact) mass is 514 g/mol. The molecule has 1 aliphatic heterocycles. The highest BCUT2D eigenvalue weighted by molar-refractivity contribution is 6.31. The molecule has 7 heteroatoms. The molecule has 196 valence electrons. The second kappa shape index (κ2) is 11.1. The Bertz CT molecular complexity index is 1080. The number of pyridine rings is 1. The van der Waals surface area contributed by atoms with Crippen molar-refractivity contribution in [2.75, 3.05) is 13.7 Å². The van der Waals surface area contributed by atoms with Gasteiger partial charge in [0.25, 0.3) is 0 Å². The van der Waals surface area contributed by atoms with E-state index < -0.39 is 6.04 Å². The summed E-state index contributed by atoms with van der Waals surface area (Å²) >= 11 is 6.51. The SMILES string of the molecule is CCOC(=O)[C@H]1N[C@@H](c2cccc(Cl)c2C)[C@@H](OCc2cc(C3CCC3)cnc2OC)[C@H]1C(C)(C)C. The predicted molar refractivity (Wildman–Crippen MR) is 141 cm³/mol. The fourth-order valence-electron chi connectivity index (χ4n) is 5.61.